The molecule has 1 aliphatic rings. The summed E-state index contributed by atoms with van der Waals surface area (Å²) in [5, 5.41) is 3.27. The lowest BCUT2D eigenvalue weighted by atomic mass is 10.1. The number of carbonyl (C=O) groups is 2. The zero-order chi connectivity index (χ0) is 18.4. The first-order chi connectivity index (χ1) is 12.6. The van der Waals surface area contributed by atoms with Gasteiger partial charge in [-0.2, -0.15) is 0 Å². The lowest BCUT2D eigenvalue weighted by Gasteiger charge is -2.10. The van der Waals surface area contributed by atoms with Crippen LogP contribution in [0.1, 0.15) is 26.1 Å². The van der Waals surface area contributed by atoms with Crippen molar-refractivity contribution in [1.82, 2.24) is 5.32 Å². The normalized spacial score (nSPS) is 14.2. The molecule has 136 valence electrons. The van der Waals surface area contributed by atoms with Crippen molar-refractivity contribution in [1.29, 1.82) is 0 Å². The van der Waals surface area contributed by atoms with Gasteiger partial charge in [-0.25, -0.2) is 4.79 Å². The molecule has 1 amide bonds. The van der Waals surface area contributed by atoms with Crippen LogP contribution in [-0.2, 0) is 16.1 Å². The van der Waals surface area contributed by atoms with E-state index in [1.807, 2.05) is 53.9 Å². The Morgan fingerprint density at radius 3 is 2.46 bits per heavy atom. The average molecular weight is 408 g/mol. The fourth-order valence-corrected chi connectivity index (χ4v) is 5.49. The molecule has 1 heterocycles. The first-order valence-electron chi connectivity index (χ1n) is 8.14. The van der Waals surface area contributed by atoms with Crippen LogP contribution in [0.3, 0.4) is 0 Å². The third-order valence-corrected chi connectivity index (χ3v) is 7.28. The Kier molecular flexibility index (Phi) is 6.88. The largest absolute Gasteiger partial charge is 0.452 e. The Hall–Kier alpha value is -1.63. The SMILES string of the molecule is O=C(COC(=O)c1ccc(C2SCCS2)cc1)NCc1ccccc1Cl. The number of ether oxygens (including phenoxy) is 1. The summed E-state index contributed by atoms with van der Waals surface area (Å²) in [6, 6.07) is 14.7. The van der Waals surface area contributed by atoms with Gasteiger partial charge in [-0.05, 0) is 29.3 Å². The van der Waals surface area contributed by atoms with E-state index < -0.39 is 5.97 Å². The number of esters is 1. The molecular formula is C19H18ClNO3S2. The van der Waals surface area contributed by atoms with E-state index in [4.69, 9.17) is 16.3 Å². The van der Waals surface area contributed by atoms with Gasteiger partial charge in [0.2, 0.25) is 0 Å². The number of rotatable bonds is 6. The molecule has 1 N–H and O–H groups in total. The summed E-state index contributed by atoms with van der Waals surface area (Å²) in [7, 11) is 0. The first-order valence-corrected chi connectivity index (χ1v) is 10.6. The van der Waals surface area contributed by atoms with Crippen molar-refractivity contribution in [3.63, 3.8) is 0 Å². The number of hydrogen-bond donors (Lipinski definition) is 1. The van der Waals surface area contributed by atoms with Crippen molar-refractivity contribution < 1.29 is 14.3 Å². The summed E-state index contributed by atoms with van der Waals surface area (Å²) >= 11 is 9.86. The lowest BCUT2D eigenvalue weighted by molar-refractivity contribution is -0.124. The number of carbonyl (C=O) groups excluding carboxylic acids is 2. The Bertz CT molecular complexity index is 777. The number of halogens is 1. The van der Waals surface area contributed by atoms with E-state index in [1.54, 1.807) is 18.2 Å². The highest BCUT2D eigenvalue weighted by atomic mass is 35.5. The minimum absolute atomic E-state index is 0.293. The molecule has 1 aliphatic heterocycles. The molecule has 0 unspecified atom stereocenters. The predicted octanol–water partition coefficient (Wildman–Crippen LogP) is 4.29. The zero-order valence-corrected chi connectivity index (χ0v) is 16.3. The van der Waals surface area contributed by atoms with Crippen LogP contribution in [0.4, 0.5) is 0 Å². The van der Waals surface area contributed by atoms with Gasteiger partial charge in [-0.1, -0.05) is 41.9 Å². The first kappa shape index (κ1) is 19.1. The molecule has 1 fully saturated rings. The Morgan fingerprint density at radius 1 is 1.08 bits per heavy atom. The van der Waals surface area contributed by atoms with Crippen LogP contribution >= 0.6 is 35.1 Å². The number of hydrogen-bond acceptors (Lipinski definition) is 5. The summed E-state index contributed by atoms with van der Waals surface area (Å²) in [5.74, 6) is 1.44. The third-order valence-electron chi connectivity index (χ3n) is 3.81. The van der Waals surface area contributed by atoms with Gasteiger partial charge in [0, 0.05) is 23.1 Å². The van der Waals surface area contributed by atoms with Crippen LogP contribution in [0.5, 0.6) is 0 Å². The van der Waals surface area contributed by atoms with Crippen LogP contribution in [0.15, 0.2) is 48.5 Å². The Morgan fingerprint density at radius 2 is 1.77 bits per heavy atom. The quantitative estimate of drug-likeness (QED) is 0.724. The smallest absolute Gasteiger partial charge is 0.338 e. The number of thioether (sulfide) groups is 2. The fourth-order valence-electron chi connectivity index (χ4n) is 2.43. The van der Waals surface area contributed by atoms with E-state index >= 15 is 0 Å². The molecule has 26 heavy (non-hydrogen) atoms. The van der Waals surface area contributed by atoms with Gasteiger partial charge in [0.25, 0.3) is 5.91 Å². The minimum Gasteiger partial charge on any atom is -0.452 e. The van der Waals surface area contributed by atoms with Crippen molar-refractivity contribution in [2.45, 2.75) is 11.1 Å². The molecule has 7 heteroatoms. The second-order valence-corrected chi connectivity index (χ2v) is 8.77. The fraction of sp³-hybridized carbons (Fsp3) is 0.263. The number of nitrogens with one attached hydrogen (secondary N) is 1. The standard InChI is InChI=1S/C19H18ClNO3S2/c20-16-4-2-1-3-15(16)11-21-17(22)12-24-18(23)13-5-7-14(8-6-13)19-25-9-10-26-19/h1-8,19H,9-12H2,(H,21,22). The monoisotopic (exact) mass is 407 g/mol. The van der Waals surface area contributed by atoms with Crippen molar-refractivity contribution in [3.05, 3.63) is 70.2 Å². The molecule has 0 spiro atoms. The molecule has 0 radical (unpaired) electrons. The lowest BCUT2D eigenvalue weighted by Crippen LogP contribution is -2.28. The molecule has 0 aromatic heterocycles. The molecule has 0 bridgehead atoms. The van der Waals surface area contributed by atoms with Crippen molar-refractivity contribution in [2.24, 2.45) is 0 Å². The van der Waals surface area contributed by atoms with Gasteiger partial charge in [0.15, 0.2) is 6.61 Å². The molecule has 3 rings (SSSR count). The van der Waals surface area contributed by atoms with E-state index in [0.29, 0.717) is 21.7 Å². The van der Waals surface area contributed by atoms with Gasteiger partial charge in [-0.3, -0.25) is 4.79 Å². The van der Waals surface area contributed by atoms with Crippen LogP contribution in [0.25, 0.3) is 0 Å². The Labute approximate surface area is 166 Å². The van der Waals surface area contributed by atoms with Gasteiger partial charge < -0.3 is 10.1 Å². The van der Waals surface area contributed by atoms with Crippen LogP contribution in [0.2, 0.25) is 5.02 Å². The predicted molar refractivity (Wildman–Crippen MR) is 108 cm³/mol. The summed E-state index contributed by atoms with van der Waals surface area (Å²) in [6.07, 6.45) is 0. The van der Waals surface area contributed by atoms with Gasteiger partial charge >= 0.3 is 5.97 Å². The van der Waals surface area contributed by atoms with E-state index in [1.165, 1.54) is 5.56 Å². The highest BCUT2D eigenvalue weighted by molar-refractivity contribution is 8.19. The second-order valence-electron chi connectivity index (χ2n) is 5.64. The van der Waals surface area contributed by atoms with Crippen LogP contribution in [-0.4, -0.2) is 30.0 Å². The van der Waals surface area contributed by atoms with Crippen LogP contribution in [0, 0.1) is 0 Å². The molecule has 2 aromatic rings. The molecule has 0 saturated carbocycles. The number of benzene rings is 2. The summed E-state index contributed by atoms with van der Waals surface area (Å²) in [5.41, 5.74) is 2.46. The summed E-state index contributed by atoms with van der Waals surface area (Å²) in [6.45, 7) is -0.0269. The molecule has 1 saturated heterocycles. The molecule has 4 nitrogen and oxygen atoms in total. The maximum atomic E-state index is 12.1. The highest BCUT2D eigenvalue weighted by Crippen LogP contribution is 2.45. The highest BCUT2D eigenvalue weighted by Gasteiger charge is 2.18. The van der Waals surface area contributed by atoms with Crippen molar-refractivity contribution in [3.8, 4) is 0 Å². The molecular weight excluding hydrogens is 390 g/mol. The van der Waals surface area contributed by atoms with E-state index in [9.17, 15) is 9.59 Å². The molecule has 0 aliphatic carbocycles. The van der Waals surface area contributed by atoms with Crippen molar-refractivity contribution in [2.75, 3.05) is 18.1 Å². The van der Waals surface area contributed by atoms with Gasteiger partial charge in [-0.15, -0.1) is 23.5 Å². The van der Waals surface area contributed by atoms with Gasteiger partial charge in [0.05, 0.1) is 10.1 Å². The van der Waals surface area contributed by atoms with E-state index in [2.05, 4.69) is 5.32 Å². The number of amides is 1. The second kappa shape index (κ2) is 9.35. The topological polar surface area (TPSA) is 55.4 Å². The molecule has 0 atom stereocenters. The maximum absolute atomic E-state index is 12.1. The van der Waals surface area contributed by atoms with Gasteiger partial charge in [0.1, 0.15) is 0 Å². The van der Waals surface area contributed by atoms with Crippen molar-refractivity contribution >= 4 is 47.0 Å². The molecule has 2 aromatic carbocycles. The average Bonchev–Trinajstić information content (AvgIpc) is 3.20. The Balaban J connectivity index is 1.45. The summed E-state index contributed by atoms with van der Waals surface area (Å²) in [4.78, 5) is 23.9. The minimum atomic E-state index is -0.504. The summed E-state index contributed by atoms with van der Waals surface area (Å²) < 4.78 is 5.52. The zero-order valence-electron chi connectivity index (χ0n) is 13.9. The van der Waals surface area contributed by atoms with E-state index in [-0.39, 0.29) is 12.5 Å². The van der Waals surface area contributed by atoms with E-state index in [0.717, 1.165) is 17.1 Å². The third kappa shape index (κ3) is 5.19. The van der Waals surface area contributed by atoms with Crippen LogP contribution < -0.4 is 5.32 Å². The maximum Gasteiger partial charge on any atom is 0.338 e.